The van der Waals surface area contributed by atoms with Gasteiger partial charge in [-0.1, -0.05) is 0 Å². The predicted octanol–water partition coefficient (Wildman–Crippen LogP) is -18.5. The highest BCUT2D eigenvalue weighted by molar-refractivity contribution is 4.98. The molecule has 0 aliphatic carbocycles. The molecule has 89 heavy (non-hydrogen) atoms. The first kappa shape index (κ1) is 73.2. The van der Waals surface area contributed by atoms with Crippen LogP contribution in [0.25, 0.3) is 0 Å². The summed E-state index contributed by atoms with van der Waals surface area (Å²) in [6.07, 6.45) is -74.9. The Bertz CT molecular complexity index is 2130. The lowest BCUT2D eigenvalue weighted by atomic mass is 9.97. The maximum absolute atomic E-state index is 10.9. The molecule has 8 aliphatic heterocycles. The molecule has 0 aromatic heterocycles. The maximum atomic E-state index is 10.9. The highest BCUT2D eigenvalue weighted by Crippen LogP contribution is 2.33. The van der Waals surface area contributed by atoms with Crippen molar-refractivity contribution in [1.29, 1.82) is 0 Å². The van der Waals surface area contributed by atoms with Crippen molar-refractivity contribution >= 4 is 0 Å². The first-order valence-corrected chi connectivity index (χ1v) is 28.1. The third-order valence-electron chi connectivity index (χ3n) is 16.5. The largest absolute Gasteiger partial charge is 0.394 e. The monoisotopic (exact) mass is 1310 g/mol. The van der Waals surface area contributed by atoms with Gasteiger partial charge in [-0.25, -0.2) is 0 Å². The van der Waals surface area contributed by atoms with Crippen molar-refractivity contribution in [3.05, 3.63) is 0 Å². The van der Waals surface area contributed by atoms with Crippen LogP contribution < -0.4 is 0 Å². The molecule has 8 saturated heterocycles. The Morgan fingerprint density at radius 1 is 0.169 bits per heavy atom. The molecule has 41 nitrogen and oxygen atoms in total. The van der Waals surface area contributed by atoms with Crippen LogP contribution >= 0.6 is 0 Å². The van der Waals surface area contributed by atoms with Gasteiger partial charge in [0.15, 0.2) is 50.3 Å². The lowest BCUT2D eigenvalue weighted by Gasteiger charge is -2.45. The Morgan fingerprint density at radius 2 is 0.315 bits per heavy atom. The van der Waals surface area contributed by atoms with E-state index in [0.29, 0.717) is 0 Å². The van der Waals surface area contributed by atoms with Crippen molar-refractivity contribution in [3.8, 4) is 0 Å². The summed E-state index contributed by atoms with van der Waals surface area (Å²) in [7, 11) is 0. The summed E-state index contributed by atoms with van der Waals surface area (Å²) in [6, 6.07) is 0. The topological polar surface area (TPSA) is 664 Å². The summed E-state index contributed by atoms with van der Waals surface area (Å²) in [5.41, 5.74) is 0. The Labute approximate surface area is 501 Å². The molecule has 0 saturated carbocycles. The van der Waals surface area contributed by atoms with E-state index in [2.05, 4.69) is 0 Å². The highest BCUT2D eigenvalue weighted by Gasteiger charge is 2.54. The zero-order valence-electron chi connectivity index (χ0n) is 46.5. The first-order valence-electron chi connectivity index (χ1n) is 28.1. The minimum absolute atomic E-state index is 0.721. The van der Waals surface area contributed by atoms with E-state index < -0.39 is 299 Å². The van der Waals surface area contributed by atoms with Gasteiger partial charge in [0.1, 0.15) is 195 Å². The molecule has 8 heterocycles. The number of hydrogen-bond donors (Lipinski definition) is 26. The van der Waals surface area contributed by atoms with E-state index in [0.717, 1.165) is 0 Å². The molecule has 8 aliphatic rings. The molecular formula is C48H82O41. The smallest absolute Gasteiger partial charge is 0.186 e. The van der Waals surface area contributed by atoms with Gasteiger partial charge in [0.05, 0.1) is 52.9 Å². The van der Waals surface area contributed by atoms with Crippen LogP contribution in [0.5, 0.6) is 0 Å². The average Bonchev–Trinajstić information content (AvgIpc) is 3.72. The van der Waals surface area contributed by atoms with Gasteiger partial charge in [0, 0.05) is 0 Å². The Kier molecular flexibility index (Phi) is 25.9. The van der Waals surface area contributed by atoms with E-state index in [1.165, 1.54) is 0 Å². The number of ether oxygens (including phenoxy) is 15. The lowest BCUT2D eigenvalue weighted by Crippen LogP contribution is -2.63. The number of aliphatic hydroxyl groups excluding tert-OH is 26. The second kappa shape index (κ2) is 31.5. The highest BCUT2D eigenvalue weighted by atomic mass is 16.8. The fraction of sp³-hybridized carbons (Fsp3) is 1.00. The Hall–Kier alpha value is -1.64. The van der Waals surface area contributed by atoms with Gasteiger partial charge in [0.25, 0.3) is 0 Å². The van der Waals surface area contributed by atoms with Crippen LogP contribution in [0, 0.1) is 0 Å². The Morgan fingerprint density at radius 3 is 0.494 bits per heavy atom. The van der Waals surface area contributed by atoms with Crippen LogP contribution in [0.1, 0.15) is 0 Å². The molecule has 8 fully saturated rings. The molecular weight excluding hydrogens is 1230 g/mol. The van der Waals surface area contributed by atoms with Crippen LogP contribution in [-0.4, -0.2) is 431 Å². The number of rotatable bonds is 22. The van der Waals surface area contributed by atoms with Crippen LogP contribution in [-0.2, 0) is 71.1 Å². The normalized spacial score (nSPS) is 53.6. The van der Waals surface area contributed by atoms with E-state index in [9.17, 15) is 133 Å². The molecule has 0 aromatic rings. The SMILES string of the molecule is OC[C@H]1O[C@@H](OC[C@H]2O[C@@H](OC[C@H]3O[C@@H](OC[C@H]4O[C@@H](OC[C@H]5O[C@@H](OC[C@H]6O[C@@H](OC[C@H]7O[C@@H](OC[C@H]8O[C@@H](O)[C@H](O)[C@@H](O)[C@@H]8O)[C@H](O)[C@@H](O)[C@@H]7O)[C@H](O)[C@@H](O)[C@@H]6O)[C@H](O)[C@@H](O)[C@@H]5O)[C@H](O)[C@@H](O)[C@H]4O)[C@H](O)[C@@H](O)[C@H]3O)[C@H](O)[C@@H](O)[C@H]2O)[C@H](O)[C@@H](O)[C@H]1O. The summed E-state index contributed by atoms with van der Waals surface area (Å²) >= 11 is 0. The van der Waals surface area contributed by atoms with Crippen LogP contribution in [0.15, 0.2) is 0 Å². The van der Waals surface area contributed by atoms with Gasteiger partial charge in [-0.3, -0.25) is 0 Å². The molecule has 520 valence electrons. The van der Waals surface area contributed by atoms with Crippen molar-refractivity contribution in [3.63, 3.8) is 0 Å². The third kappa shape index (κ3) is 16.1. The minimum atomic E-state index is -2.09. The van der Waals surface area contributed by atoms with E-state index in [-0.39, 0.29) is 0 Å². The second-order valence-corrected chi connectivity index (χ2v) is 22.7. The molecule has 40 atom stereocenters. The van der Waals surface area contributed by atoms with E-state index in [1.807, 2.05) is 0 Å². The average molecular weight is 1320 g/mol. The van der Waals surface area contributed by atoms with Gasteiger partial charge in [0.2, 0.25) is 0 Å². The van der Waals surface area contributed by atoms with Gasteiger partial charge >= 0.3 is 0 Å². The van der Waals surface area contributed by atoms with Crippen LogP contribution in [0.2, 0.25) is 0 Å². The van der Waals surface area contributed by atoms with Gasteiger partial charge in [-0.15, -0.1) is 0 Å². The first-order chi connectivity index (χ1) is 42.0. The van der Waals surface area contributed by atoms with Crippen LogP contribution in [0.4, 0.5) is 0 Å². The molecule has 8 rings (SSSR count). The van der Waals surface area contributed by atoms with Crippen molar-refractivity contribution in [2.45, 2.75) is 246 Å². The minimum Gasteiger partial charge on any atom is -0.394 e. The Balaban J connectivity index is 0.811. The van der Waals surface area contributed by atoms with Gasteiger partial charge < -0.3 is 204 Å². The quantitative estimate of drug-likeness (QED) is 0.0479. The maximum Gasteiger partial charge on any atom is 0.186 e. The van der Waals surface area contributed by atoms with E-state index >= 15 is 0 Å². The van der Waals surface area contributed by atoms with Crippen molar-refractivity contribution in [2.24, 2.45) is 0 Å². The van der Waals surface area contributed by atoms with Crippen molar-refractivity contribution in [1.82, 2.24) is 0 Å². The van der Waals surface area contributed by atoms with Crippen LogP contribution in [0.3, 0.4) is 0 Å². The number of hydrogen-bond acceptors (Lipinski definition) is 41. The standard InChI is InChI=1S/C48H82O41/c49-1-9-17(50)26(59)34(67)42(83-9)76-3-11-19(52)28(61)36(69)44(85-11)78-5-13-21(54)30(63)38(71)46(87-13)80-7-15-23(56)32(65)40(73)48(89-15)81-8-16-24(57)31(64)39(72)47(88-16)79-6-14-22(55)29(62)37(70)45(86-14)77-4-12-20(53)27(60)35(68)43(84-12)75-2-10-18(51)25(58)33(66)41(74)82-10/h9-74H,1-8H2/t9-,10-,11-,12-,13-,14-,15-,16-,17+,18-,19+,20-,21+,22-,23+,24-,25+,26+,27+,28+,29+,30+,31+,32+,33-,34-,35-,36-,37-,38-,39-,40-,41-,42-,43-,44-,45-,46-,47-,48-/m1/s1. The molecule has 41 heteroatoms. The zero-order chi connectivity index (χ0) is 65.4. The summed E-state index contributed by atoms with van der Waals surface area (Å²) in [5.74, 6) is 0. The molecule has 0 unspecified atom stereocenters. The molecule has 0 radical (unpaired) electrons. The van der Waals surface area contributed by atoms with E-state index in [1.54, 1.807) is 0 Å². The number of aliphatic hydroxyl groups is 26. The summed E-state index contributed by atoms with van der Waals surface area (Å²) in [4.78, 5) is 0. The van der Waals surface area contributed by atoms with Gasteiger partial charge in [-0.05, 0) is 0 Å². The molecule has 0 spiro atoms. The van der Waals surface area contributed by atoms with Crippen molar-refractivity contribution < 1.29 is 204 Å². The lowest BCUT2D eigenvalue weighted by molar-refractivity contribution is -0.354. The second-order valence-electron chi connectivity index (χ2n) is 22.7. The zero-order valence-corrected chi connectivity index (χ0v) is 46.5. The predicted molar refractivity (Wildman–Crippen MR) is 264 cm³/mol. The van der Waals surface area contributed by atoms with Crippen molar-refractivity contribution in [2.75, 3.05) is 52.9 Å². The summed E-state index contributed by atoms with van der Waals surface area (Å²) in [6.45, 7) is -6.46. The summed E-state index contributed by atoms with van der Waals surface area (Å²) < 4.78 is 82.3. The summed E-state index contributed by atoms with van der Waals surface area (Å²) in [5, 5.41) is 273. The molecule has 0 amide bonds. The molecule has 0 aromatic carbocycles. The van der Waals surface area contributed by atoms with E-state index in [4.69, 9.17) is 71.1 Å². The van der Waals surface area contributed by atoms with Gasteiger partial charge in [-0.2, -0.15) is 0 Å². The third-order valence-corrected chi connectivity index (χ3v) is 16.5. The molecule has 26 N–H and O–H groups in total. The fourth-order valence-electron chi connectivity index (χ4n) is 10.8. The molecule has 0 bridgehead atoms. The fourth-order valence-corrected chi connectivity index (χ4v) is 10.8.